The van der Waals surface area contributed by atoms with Crippen molar-refractivity contribution in [1.29, 1.82) is 5.26 Å². The average Bonchev–Trinajstić information content (AvgIpc) is 2.68. The summed E-state index contributed by atoms with van der Waals surface area (Å²) in [5, 5.41) is 14.8. The zero-order valence-electron chi connectivity index (χ0n) is 19.9. The number of alkyl carbamates (subject to hydrolysis) is 1. The lowest BCUT2D eigenvalue weighted by molar-refractivity contribution is -0.141. The number of nitriles is 1. The molecule has 2 atom stereocenters. The third-order valence-electron chi connectivity index (χ3n) is 4.16. The molecule has 2 N–H and O–H groups in total. The molecule has 0 bridgehead atoms. The van der Waals surface area contributed by atoms with Gasteiger partial charge in [-0.2, -0.15) is 17.9 Å². The first kappa shape index (κ1) is 27.9. The average molecular weight is 473 g/mol. The highest BCUT2D eigenvalue weighted by Gasteiger charge is 2.37. The van der Waals surface area contributed by atoms with Gasteiger partial charge >= 0.3 is 6.09 Å². The molecule has 1 aromatic rings. The quantitative estimate of drug-likeness (QED) is 0.321. The fourth-order valence-corrected chi connectivity index (χ4v) is 3.21. The molecule has 33 heavy (non-hydrogen) atoms. The van der Waals surface area contributed by atoms with E-state index in [0.29, 0.717) is 11.1 Å². The molecule has 1 aromatic carbocycles. The maximum absolute atomic E-state index is 13.5. The predicted molar refractivity (Wildman–Crippen MR) is 129 cm³/mol. The fourth-order valence-electron chi connectivity index (χ4n) is 2.96. The summed E-state index contributed by atoms with van der Waals surface area (Å²) in [4.78, 5) is 40.2. The summed E-state index contributed by atoms with van der Waals surface area (Å²) < 4.78 is 5.23. The van der Waals surface area contributed by atoms with Crippen LogP contribution in [0.3, 0.4) is 0 Å². The number of hydrogen-bond donors (Lipinski definition) is 3. The molecule has 0 aliphatic heterocycles. The number of carbonyl (C=O) groups is 3. The fraction of sp³-hybridized carbons (Fsp3) is 0.500. The van der Waals surface area contributed by atoms with Crippen LogP contribution in [0.25, 0.3) is 0 Å². The van der Waals surface area contributed by atoms with Gasteiger partial charge < -0.3 is 20.3 Å². The molecule has 3 amide bonds. The molecule has 2 unspecified atom stereocenters. The van der Waals surface area contributed by atoms with Crippen LogP contribution in [0.15, 0.2) is 24.3 Å². The van der Waals surface area contributed by atoms with Crippen molar-refractivity contribution >= 4 is 30.5 Å². The molecule has 0 aliphatic rings. The summed E-state index contributed by atoms with van der Waals surface area (Å²) in [5.41, 5.74) is -0.591. The number of ether oxygens (including phenoxy) is 1. The van der Waals surface area contributed by atoms with Crippen LogP contribution in [0, 0.1) is 23.7 Å². The first-order chi connectivity index (χ1) is 15.2. The Morgan fingerprint density at radius 1 is 1.18 bits per heavy atom. The highest BCUT2D eigenvalue weighted by Crippen LogP contribution is 2.26. The van der Waals surface area contributed by atoms with Gasteiger partial charge in [-0.25, -0.2) is 4.79 Å². The molecular formula is C24H32N4O4S. The molecule has 178 valence electrons. The van der Waals surface area contributed by atoms with Crippen molar-refractivity contribution in [1.82, 2.24) is 15.5 Å². The molecule has 0 heterocycles. The number of terminal acetylenes is 1. The molecule has 0 saturated heterocycles. The van der Waals surface area contributed by atoms with E-state index in [0.717, 1.165) is 4.90 Å². The van der Waals surface area contributed by atoms with E-state index in [1.54, 1.807) is 65.8 Å². The Bertz CT molecular complexity index is 951. The van der Waals surface area contributed by atoms with E-state index in [1.807, 2.05) is 6.07 Å². The van der Waals surface area contributed by atoms with E-state index < -0.39 is 47.7 Å². The first-order valence-corrected chi connectivity index (χ1v) is 11.0. The maximum Gasteiger partial charge on any atom is 0.408 e. The van der Waals surface area contributed by atoms with Gasteiger partial charge in [0.2, 0.25) is 11.8 Å². The highest BCUT2D eigenvalue weighted by molar-refractivity contribution is 7.80. The SMILES string of the molecule is C#Cc1ccccc1C(C(=O)NC(C)(C)C)N(CC#N)C(=O)C(CS)NC(=O)OC(C)(C)C. The second kappa shape index (κ2) is 11.6. The number of benzene rings is 1. The molecule has 0 aromatic heterocycles. The van der Waals surface area contributed by atoms with Crippen molar-refractivity contribution in [2.75, 3.05) is 12.3 Å². The lowest BCUT2D eigenvalue weighted by Crippen LogP contribution is -2.55. The van der Waals surface area contributed by atoms with Gasteiger partial charge in [0.25, 0.3) is 0 Å². The van der Waals surface area contributed by atoms with Crippen LogP contribution in [-0.4, -0.2) is 52.3 Å². The van der Waals surface area contributed by atoms with Gasteiger partial charge in [0.05, 0.1) is 6.07 Å². The van der Waals surface area contributed by atoms with Crippen molar-refractivity contribution in [2.45, 2.75) is 64.8 Å². The molecule has 0 spiro atoms. The number of amides is 3. The molecule has 0 radical (unpaired) electrons. The van der Waals surface area contributed by atoms with Gasteiger partial charge in [0.1, 0.15) is 24.2 Å². The topological polar surface area (TPSA) is 112 Å². The maximum atomic E-state index is 13.5. The lowest BCUT2D eigenvalue weighted by Gasteiger charge is -2.34. The molecule has 9 heteroatoms. The van der Waals surface area contributed by atoms with Crippen molar-refractivity contribution in [2.24, 2.45) is 0 Å². The van der Waals surface area contributed by atoms with Gasteiger partial charge in [-0.05, 0) is 53.2 Å². The van der Waals surface area contributed by atoms with Crippen LogP contribution in [0.5, 0.6) is 0 Å². The summed E-state index contributed by atoms with van der Waals surface area (Å²) in [6.07, 6.45) is 4.83. The third-order valence-corrected chi connectivity index (χ3v) is 4.53. The number of carbonyl (C=O) groups excluding carboxylic acids is 3. The van der Waals surface area contributed by atoms with Crippen LogP contribution in [0.2, 0.25) is 0 Å². The van der Waals surface area contributed by atoms with Crippen LogP contribution < -0.4 is 10.6 Å². The lowest BCUT2D eigenvalue weighted by atomic mass is 9.96. The normalized spacial score (nSPS) is 13.0. The Kier molecular flexibility index (Phi) is 9.81. The van der Waals surface area contributed by atoms with Crippen molar-refractivity contribution < 1.29 is 19.1 Å². The van der Waals surface area contributed by atoms with E-state index >= 15 is 0 Å². The molecule has 0 aliphatic carbocycles. The van der Waals surface area contributed by atoms with E-state index in [9.17, 15) is 19.6 Å². The monoisotopic (exact) mass is 472 g/mol. The second-order valence-electron chi connectivity index (χ2n) is 9.38. The number of hydrogen-bond acceptors (Lipinski definition) is 6. The van der Waals surface area contributed by atoms with Crippen LogP contribution >= 0.6 is 12.6 Å². The Labute approximate surface area is 201 Å². The minimum Gasteiger partial charge on any atom is -0.444 e. The van der Waals surface area contributed by atoms with Crippen LogP contribution in [0.4, 0.5) is 4.79 Å². The summed E-state index contributed by atoms with van der Waals surface area (Å²) in [5.74, 6) is 1.27. The Balaban J connectivity index is 3.47. The first-order valence-electron chi connectivity index (χ1n) is 10.4. The van der Waals surface area contributed by atoms with Crippen molar-refractivity contribution in [3.05, 3.63) is 35.4 Å². The van der Waals surface area contributed by atoms with Gasteiger partial charge in [-0.1, -0.05) is 24.1 Å². The number of thiol groups is 1. The molecule has 1 rings (SSSR count). The second-order valence-corrected chi connectivity index (χ2v) is 9.74. The van der Waals surface area contributed by atoms with Gasteiger partial charge in [-0.3, -0.25) is 9.59 Å². The van der Waals surface area contributed by atoms with Crippen LogP contribution in [-0.2, 0) is 14.3 Å². The van der Waals surface area contributed by atoms with Gasteiger partial charge in [0.15, 0.2) is 0 Å². The minimum atomic E-state index is -1.20. The summed E-state index contributed by atoms with van der Waals surface area (Å²) in [7, 11) is 0. The molecule has 0 fully saturated rings. The Morgan fingerprint density at radius 3 is 2.27 bits per heavy atom. The minimum absolute atomic E-state index is 0.0790. The smallest absolute Gasteiger partial charge is 0.408 e. The largest absolute Gasteiger partial charge is 0.444 e. The summed E-state index contributed by atoms with van der Waals surface area (Å²) in [6.45, 7) is 10.0. The van der Waals surface area contributed by atoms with E-state index in [-0.39, 0.29) is 5.75 Å². The molecule has 8 nitrogen and oxygen atoms in total. The molecule has 0 saturated carbocycles. The zero-order chi connectivity index (χ0) is 25.4. The van der Waals surface area contributed by atoms with E-state index in [2.05, 4.69) is 29.2 Å². The number of rotatable bonds is 7. The van der Waals surface area contributed by atoms with Crippen LogP contribution in [0.1, 0.15) is 58.7 Å². The Morgan fingerprint density at radius 2 is 1.79 bits per heavy atom. The zero-order valence-corrected chi connectivity index (χ0v) is 20.8. The highest BCUT2D eigenvalue weighted by atomic mass is 32.1. The van der Waals surface area contributed by atoms with Gasteiger partial charge in [-0.15, -0.1) is 6.42 Å². The third kappa shape index (κ3) is 8.70. The van der Waals surface area contributed by atoms with E-state index in [1.165, 1.54) is 0 Å². The van der Waals surface area contributed by atoms with E-state index in [4.69, 9.17) is 11.2 Å². The molecular weight excluding hydrogens is 440 g/mol. The predicted octanol–water partition coefficient (Wildman–Crippen LogP) is 2.80. The standard InChI is InChI=1S/C24H32N4O4S/c1-8-16-11-9-10-12-17(16)19(20(29)27-23(2,3)4)28(14-13-25)21(30)18(15-33)26-22(31)32-24(5,6)7/h1,9-12,18-19,33H,14-15H2,2-7H3,(H,26,31)(H,27,29). The van der Waals surface area contributed by atoms with Crippen molar-refractivity contribution in [3.8, 4) is 18.4 Å². The number of nitrogens with zero attached hydrogens (tertiary/aromatic N) is 2. The summed E-state index contributed by atoms with van der Waals surface area (Å²) >= 11 is 4.19. The van der Waals surface area contributed by atoms with Gasteiger partial charge in [0, 0.05) is 16.9 Å². The summed E-state index contributed by atoms with van der Waals surface area (Å²) in [6, 6.07) is 6.28. The van der Waals surface area contributed by atoms with Crippen molar-refractivity contribution in [3.63, 3.8) is 0 Å². The Hall–Kier alpha value is -3.17. The number of nitrogens with one attached hydrogen (secondary N) is 2.